The Bertz CT molecular complexity index is 1420. The Hall–Kier alpha value is -3.31. The third-order valence-electron chi connectivity index (χ3n) is 7.76. The van der Waals surface area contributed by atoms with Crippen LogP contribution in [0.2, 0.25) is 0 Å². The number of nitrogens with zero attached hydrogens (tertiary/aromatic N) is 2. The zero-order chi connectivity index (χ0) is 27.9. The van der Waals surface area contributed by atoms with Crippen LogP contribution in [0.15, 0.2) is 17.1 Å². The molecule has 1 aromatic heterocycles. The number of aromatic carboxylic acids is 1. The van der Waals surface area contributed by atoms with Gasteiger partial charge in [-0.2, -0.15) is 0 Å². The number of aryl methyl sites for hydroxylation is 1. The third kappa shape index (κ3) is 4.17. The van der Waals surface area contributed by atoms with Crippen LogP contribution in [0.5, 0.6) is 0 Å². The molecular weight excluding hydrogens is 510 g/mol. The number of hydrogen-bond acceptors (Lipinski definition) is 6. The van der Waals surface area contributed by atoms with Gasteiger partial charge in [-0.05, 0) is 45.7 Å². The molecule has 3 fully saturated rings. The van der Waals surface area contributed by atoms with E-state index in [9.17, 15) is 23.9 Å². The van der Waals surface area contributed by atoms with Crippen LogP contribution in [0.25, 0.3) is 10.9 Å². The number of halogens is 4. The van der Waals surface area contributed by atoms with Gasteiger partial charge in [0.15, 0.2) is 5.43 Å². The summed E-state index contributed by atoms with van der Waals surface area (Å²) in [7, 11) is 0. The van der Waals surface area contributed by atoms with Crippen LogP contribution in [0.3, 0.4) is 0 Å². The standard InChI is InChI=1S/C26H29F4N3O5/c1-12-19-13(21(34)14(22(35)36)9-33(19)17-8-15(17)27)7-16(28)20(12)32-10-18-25(11-32,5-6-26(18,29)30)31-23(37)38-24(2,3)4/h7,9,15,17-18H,5-6,8,10-11H2,1-4H3,(H,31,37)(H,35,36)/p-1/t15-,17+,18+,25+/m0/s1. The molecule has 5 rings (SSSR count). The molecule has 2 saturated carbocycles. The Kier molecular flexibility index (Phi) is 5.78. The van der Waals surface area contributed by atoms with Gasteiger partial charge in [-0.1, -0.05) is 0 Å². The predicted molar refractivity (Wildman–Crippen MR) is 128 cm³/mol. The van der Waals surface area contributed by atoms with Crippen molar-refractivity contribution in [3.05, 3.63) is 39.4 Å². The summed E-state index contributed by atoms with van der Waals surface area (Å²) in [5.41, 5.74) is -3.72. The van der Waals surface area contributed by atoms with Crippen molar-refractivity contribution < 1.29 is 37.0 Å². The number of aromatic nitrogens is 1. The first-order chi connectivity index (χ1) is 17.5. The van der Waals surface area contributed by atoms with E-state index < -0.39 is 70.5 Å². The number of fused-ring (bicyclic) bond motifs is 2. The summed E-state index contributed by atoms with van der Waals surface area (Å²) < 4.78 is 66.3. The second-order valence-electron chi connectivity index (χ2n) is 11.6. The van der Waals surface area contributed by atoms with Crippen molar-refractivity contribution in [1.29, 1.82) is 0 Å². The summed E-state index contributed by atoms with van der Waals surface area (Å²) in [4.78, 5) is 38.4. The lowest BCUT2D eigenvalue weighted by Crippen LogP contribution is -2.54. The average molecular weight is 539 g/mol. The lowest BCUT2D eigenvalue weighted by atomic mass is 9.89. The number of anilines is 1. The highest BCUT2D eigenvalue weighted by atomic mass is 19.3. The second kappa shape index (κ2) is 8.34. The van der Waals surface area contributed by atoms with Gasteiger partial charge in [0.2, 0.25) is 0 Å². The van der Waals surface area contributed by atoms with E-state index in [0.29, 0.717) is 0 Å². The SMILES string of the molecule is Cc1c(N2C[C@H]3C(F)(F)CC[C@@]3(NC(=O)OC(C)(C)C)C2)c(F)cc2c(=O)c(C(=O)[O-])cn([C@@H]3C[C@@H]3F)c12. The molecule has 2 aromatic rings. The minimum Gasteiger partial charge on any atom is -0.545 e. The summed E-state index contributed by atoms with van der Waals surface area (Å²) in [6.45, 7) is 5.98. The van der Waals surface area contributed by atoms with Crippen LogP contribution in [0, 0.1) is 18.7 Å². The number of pyridine rings is 1. The molecule has 1 amide bonds. The van der Waals surface area contributed by atoms with Crippen LogP contribution < -0.4 is 20.8 Å². The molecule has 3 aliphatic rings. The Balaban J connectivity index is 1.61. The fraction of sp³-hybridized carbons (Fsp3) is 0.577. The van der Waals surface area contributed by atoms with Gasteiger partial charge in [0, 0.05) is 37.5 Å². The zero-order valence-corrected chi connectivity index (χ0v) is 21.4. The van der Waals surface area contributed by atoms with E-state index in [1.807, 2.05) is 0 Å². The molecular formula is C26H28F4N3O5-. The lowest BCUT2D eigenvalue weighted by Gasteiger charge is -2.32. The number of ether oxygens (including phenoxy) is 1. The van der Waals surface area contributed by atoms with Gasteiger partial charge in [-0.25, -0.2) is 22.4 Å². The number of nitrogens with one attached hydrogen (secondary N) is 1. The van der Waals surface area contributed by atoms with Gasteiger partial charge in [0.05, 0.1) is 40.2 Å². The van der Waals surface area contributed by atoms with E-state index in [0.717, 1.165) is 12.3 Å². The smallest absolute Gasteiger partial charge is 0.408 e. The minimum atomic E-state index is -3.13. The molecule has 0 spiro atoms. The Morgan fingerprint density at radius 3 is 2.47 bits per heavy atom. The van der Waals surface area contributed by atoms with Gasteiger partial charge in [-0.15, -0.1) is 0 Å². The van der Waals surface area contributed by atoms with Crippen LogP contribution in [-0.2, 0) is 4.74 Å². The second-order valence-corrected chi connectivity index (χ2v) is 11.6. The third-order valence-corrected chi connectivity index (χ3v) is 7.76. The normalized spacial score (nSPS) is 27.9. The number of carbonyl (C=O) groups excluding carboxylic acids is 2. The van der Waals surface area contributed by atoms with Crippen molar-refractivity contribution >= 4 is 28.7 Å². The molecule has 38 heavy (non-hydrogen) atoms. The summed E-state index contributed by atoms with van der Waals surface area (Å²) in [5.74, 6) is -7.16. The number of carboxylic acids is 1. The molecule has 0 radical (unpaired) electrons. The quantitative estimate of drug-likeness (QED) is 0.600. The largest absolute Gasteiger partial charge is 0.545 e. The topological polar surface area (TPSA) is 104 Å². The predicted octanol–water partition coefficient (Wildman–Crippen LogP) is 3.22. The van der Waals surface area contributed by atoms with E-state index in [1.165, 1.54) is 16.4 Å². The van der Waals surface area contributed by atoms with Crippen LogP contribution in [0.1, 0.15) is 62.0 Å². The number of hydrogen-bond donors (Lipinski definition) is 1. The average Bonchev–Trinajstić information content (AvgIpc) is 3.30. The summed E-state index contributed by atoms with van der Waals surface area (Å²) in [6, 6.07) is 0.106. The maximum Gasteiger partial charge on any atom is 0.408 e. The van der Waals surface area contributed by atoms with Crippen molar-refractivity contribution in [2.45, 2.75) is 76.2 Å². The van der Waals surface area contributed by atoms with Crippen molar-refractivity contribution in [3.8, 4) is 0 Å². The lowest BCUT2D eigenvalue weighted by molar-refractivity contribution is -0.255. The molecule has 2 heterocycles. The molecule has 1 N–H and O–H groups in total. The van der Waals surface area contributed by atoms with Gasteiger partial charge < -0.3 is 29.4 Å². The van der Waals surface area contributed by atoms with Gasteiger partial charge in [-0.3, -0.25) is 4.79 Å². The Labute approximate surface area is 215 Å². The molecule has 4 atom stereocenters. The maximum absolute atomic E-state index is 15.6. The fourth-order valence-electron chi connectivity index (χ4n) is 6.04. The highest BCUT2D eigenvalue weighted by Gasteiger charge is 2.64. The number of rotatable bonds is 4. The summed E-state index contributed by atoms with van der Waals surface area (Å²) in [6.07, 6.45) is -1.57. The van der Waals surface area contributed by atoms with E-state index in [1.54, 1.807) is 20.8 Å². The van der Waals surface area contributed by atoms with Crippen molar-refractivity contribution in [2.24, 2.45) is 5.92 Å². The van der Waals surface area contributed by atoms with Crippen LogP contribution in [0.4, 0.5) is 28.0 Å². The molecule has 0 unspecified atom stereocenters. The van der Waals surface area contributed by atoms with Crippen molar-refractivity contribution in [3.63, 3.8) is 0 Å². The first-order valence-corrected chi connectivity index (χ1v) is 12.4. The number of alkyl carbamates (subject to hydrolysis) is 1. The van der Waals surface area contributed by atoms with E-state index in [-0.39, 0.29) is 48.1 Å². The van der Waals surface area contributed by atoms with Crippen molar-refractivity contribution in [1.82, 2.24) is 9.88 Å². The highest BCUT2D eigenvalue weighted by molar-refractivity contribution is 5.94. The van der Waals surface area contributed by atoms with E-state index >= 15 is 13.2 Å². The number of benzene rings is 1. The molecule has 12 heteroatoms. The van der Waals surface area contributed by atoms with Gasteiger partial charge in [0.25, 0.3) is 5.92 Å². The Morgan fingerprint density at radius 1 is 1.24 bits per heavy atom. The van der Waals surface area contributed by atoms with Crippen LogP contribution >= 0.6 is 0 Å². The number of alkyl halides is 3. The van der Waals surface area contributed by atoms with Crippen molar-refractivity contribution in [2.75, 3.05) is 18.0 Å². The molecule has 0 bridgehead atoms. The number of carbonyl (C=O) groups is 2. The molecule has 2 aliphatic carbocycles. The van der Waals surface area contributed by atoms with Crippen LogP contribution in [-0.4, -0.2) is 53.0 Å². The number of amides is 1. The van der Waals surface area contributed by atoms with E-state index in [2.05, 4.69) is 5.32 Å². The molecule has 1 saturated heterocycles. The minimum absolute atomic E-state index is 0.0556. The first-order valence-electron chi connectivity index (χ1n) is 12.4. The summed E-state index contributed by atoms with van der Waals surface area (Å²) in [5, 5.41) is 13.9. The first kappa shape index (κ1) is 26.3. The zero-order valence-electron chi connectivity index (χ0n) is 21.4. The van der Waals surface area contributed by atoms with E-state index in [4.69, 9.17) is 4.74 Å². The maximum atomic E-state index is 15.6. The molecule has 206 valence electrons. The monoisotopic (exact) mass is 538 g/mol. The fourth-order valence-corrected chi connectivity index (χ4v) is 6.04. The van der Waals surface area contributed by atoms with Gasteiger partial charge in [0.1, 0.15) is 17.6 Å². The molecule has 1 aromatic carbocycles. The molecule has 8 nitrogen and oxygen atoms in total. The Morgan fingerprint density at radius 2 is 1.89 bits per heavy atom. The molecule has 1 aliphatic heterocycles. The summed E-state index contributed by atoms with van der Waals surface area (Å²) >= 11 is 0. The van der Waals surface area contributed by atoms with Gasteiger partial charge >= 0.3 is 6.09 Å². The highest BCUT2D eigenvalue weighted by Crippen LogP contribution is 2.52. The number of carboxylic acid groups (broad SMARTS) is 1.